The molecule has 18 heavy (non-hydrogen) atoms. The SMILES string of the molecule is Cc1n[nH]c(=O)c(C(=O)Nc2ccccc2)c1C. The maximum absolute atomic E-state index is 12.0. The van der Waals surface area contributed by atoms with Crippen molar-refractivity contribution >= 4 is 11.6 Å². The maximum atomic E-state index is 12.0. The van der Waals surface area contributed by atoms with Crippen LogP contribution in [0.3, 0.4) is 0 Å². The zero-order chi connectivity index (χ0) is 13.1. The minimum atomic E-state index is -0.480. The molecular formula is C13H13N3O2. The molecule has 1 amide bonds. The molecule has 0 unspecified atom stereocenters. The molecule has 0 radical (unpaired) electrons. The number of aromatic nitrogens is 2. The normalized spacial score (nSPS) is 10.1. The summed E-state index contributed by atoms with van der Waals surface area (Å²) in [7, 11) is 0. The predicted molar refractivity (Wildman–Crippen MR) is 68.7 cm³/mol. The van der Waals surface area contributed by atoms with E-state index in [-0.39, 0.29) is 5.56 Å². The van der Waals surface area contributed by atoms with Gasteiger partial charge < -0.3 is 5.32 Å². The minimum absolute atomic E-state index is 0.103. The third-order valence-electron chi connectivity index (χ3n) is 2.73. The lowest BCUT2D eigenvalue weighted by Gasteiger charge is -2.07. The van der Waals surface area contributed by atoms with Crippen molar-refractivity contribution in [2.24, 2.45) is 0 Å². The van der Waals surface area contributed by atoms with Crippen molar-refractivity contribution in [3.8, 4) is 0 Å². The van der Waals surface area contributed by atoms with Gasteiger partial charge in [0.15, 0.2) is 0 Å². The smallest absolute Gasteiger partial charge is 0.277 e. The van der Waals surface area contributed by atoms with Crippen LogP contribution in [-0.4, -0.2) is 16.1 Å². The Morgan fingerprint density at radius 3 is 2.56 bits per heavy atom. The summed E-state index contributed by atoms with van der Waals surface area (Å²) in [5.74, 6) is -0.426. The summed E-state index contributed by atoms with van der Waals surface area (Å²) in [6.07, 6.45) is 0. The van der Waals surface area contributed by atoms with Gasteiger partial charge in [0.1, 0.15) is 5.56 Å². The molecular weight excluding hydrogens is 230 g/mol. The van der Waals surface area contributed by atoms with E-state index in [1.165, 1.54) is 0 Å². The van der Waals surface area contributed by atoms with Gasteiger partial charge in [-0.3, -0.25) is 9.59 Å². The number of carbonyl (C=O) groups excluding carboxylic acids is 1. The van der Waals surface area contributed by atoms with Crippen LogP contribution in [0, 0.1) is 13.8 Å². The van der Waals surface area contributed by atoms with E-state index in [0.717, 1.165) is 0 Å². The molecule has 0 aliphatic rings. The van der Waals surface area contributed by atoms with Gasteiger partial charge in [0.2, 0.25) is 0 Å². The number of anilines is 1. The molecule has 0 aliphatic carbocycles. The van der Waals surface area contributed by atoms with Crippen LogP contribution >= 0.6 is 0 Å². The van der Waals surface area contributed by atoms with E-state index in [4.69, 9.17) is 0 Å². The summed E-state index contributed by atoms with van der Waals surface area (Å²) in [6, 6.07) is 8.99. The highest BCUT2D eigenvalue weighted by atomic mass is 16.2. The molecule has 0 saturated heterocycles. The van der Waals surface area contributed by atoms with E-state index in [1.807, 2.05) is 18.2 Å². The first-order chi connectivity index (χ1) is 8.59. The molecule has 5 heteroatoms. The molecule has 1 aromatic heterocycles. The zero-order valence-corrected chi connectivity index (χ0v) is 10.2. The Kier molecular flexibility index (Phi) is 3.23. The number of rotatable bonds is 2. The lowest BCUT2D eigenvalue weighted by atomic mass is 10.1. The van der Waals surface area contributed by atoms with Crippen LogP contribution in [0.1, 0.15) is 21.6 Å². The van der Waals surface area contributed by atoms with E-state index in [1.54, 1.807) is 26.0 Å². The Balaban J connectivity index is 2.36. The standard InChI is InChI=1S/C13H13N3O2/c1-8-9(2)15-16-13(18)11(8)12(17)14-10-6-4-3-5-7-10/h3-7H,1-2H3,(H,14,17)(H,16,18). The summed E-state index contributed by atoms with van der Waals surface area (Å²) < 4.78 is 0. The Hall–Kier alpha value is -2.43. The van der Waals surface area contributed by atoms with Crippen molar-refractivity contribution < 1.29 is 4.79 Å². The second kappa shape index (κ2) is 4.83. The molecule has 0 atom stereocenters. The zero-order valence-electron chi connectivity index (χ0n) is 10.2. The van der Waals surface area contributed by atoms with Gasteiger partial charge in [-0.1, -0.05) is 18.2 Å². The van der Waals surface area contributed by atoms with E-state index in [2.05, 4.69) is 15.5 Å². The fourth-order valence-electron chi connectivity index (χ4n) is 1.61. The van der Waals surface area contributed by atoms with Gasteiger partial charge in [-0.2, -0.15) is 5.10 Å². The Morgan fingerprint density at radius 1 is 1.22 bits per heavy atom. The Labute approximate surface area is 104 Å². The van der Waals surface area contributed by atoms with Crippen molar-refractivity contribution in [2.75, 3.05) is 5.32 Å². The van der Waals surface area contributed by atoms with Gasteiger partial charge in [-0.05, 0) is 31.5 Å². The summed E-state index contributed by atoms with van der Waals surface area (Å²) in [5, 5.41) is 8.80. The highest BCUT2D eigenvalue weighted by Gasteiger charge is 2.15. The van der Waals surface area contributed by atoms with Gasteiger partial charge in [-0.15, -0.1) is 0 Å². The average Bonchev–Trinajstić information content (AvgIpc) is 2.36. The number of benzene rings is 1. The first-order valence-corrected chi connectivity index (χ1v) is 5.52. The van der Waals surface area contributed by atoms with Crippen LogP contribution in [0.25, 0.3) is 0 Å². The van der Waals surface area contributed by atoms with Crippen molar-refractivity contribution in [3.63, 3.8) is 0 Å². The van der Waals surface area contributed by atoms with Crippen LogP contribution in [0.2, 0.25) is 0 Å². The molecule has 0 bridgehead atoms. The molecule has 0 saturated carbocycles. The molecule has 1 heterocycles. The maximum Gasteiger partial charge on any atom is 0.277 e. The third-order valence-corrected chi connectivity index (χ3v) is 2.73. The molecule has 0 fully saturated rings. The predicted octanol–water partition coefficient (Wildman–Crippen LogP) is 1.64. The number of aryl methyl sites for hydroxylation is 1. The summed E-state index contributed by atoms with van der Waals surface area (Å²) in [6.45, 7) is 3.45. The van der Waals surface area contributed by atoms with Crippen LogP contribution < -0.4 is 10.9 Å². The number of carbonyl (C=O) groups is 1. The number of para-hydroxylation sites is 1. The van der Waals surface area contributed by atoms with E-state index in [0.29, 0.717) is 16.9 Å². The van der Waals surface area contributed by atoms with Crippen molar-refractivity contribution in [1.82, 2.24) is 10.2 Å². The van der Waals surface area contributed by atoms with Gasteiger partial charge in [0, 0.05) is 5.69 Å². The molecule has 0 spiro atoms. The second-order valence-electron chi connectivity index (χ2n) is 3.96. The molecule has 2 rings (SSSR count). The first-order valence-electron chi connectivity index (χ1n) is 5.52. The minimum Gasteiger partial charge on any atom is -0.322 e. The molecule has 0 aliphatic heterocycles. The Bertz CT molecular complexity index is 632. The highest BCUT2D eigenvalue weighted by molar-refractivity contribution is 6.05. The van der Waals surface area contributed by atoms with Gasteiger partial charge in [-0.25, -0.2) is 5.10 Å². The molecule has 2 aromatic rings. The average molecular weight is 243 g/mol. The topological polar surface area (TPSA) is 74.8 Å². The number of nitrogens with one attached hydrogen (secondary N) is 2. The van der Waals surface area contributed by atoms with E-state index in [9.17, 15) is 9.59 Å². The van der Waals surface area contributed by atoms with Gasteiger partial charge >= 0.3 is 0 Å². The molecule has 2 N–H and O–H groups in total. The second-order valence-corrected chi connectivity index (χ2v) is 3.96. The lowest BCUT2D eigenvalue weighted by molar-refractivity contribution is 0.102. The number of hydrogen-bond acceptors (Lipinski definition) is 3. The van der Waals surface area contributed by atoms with Gasteiger partial charge in [0.25, 0.3) is 11.5 Å². The molecule has 92 valence electrons. The largest absolute Gasteiger partial charge is 0.322 e. The van der Waals surface area contributed by atoms with Crippen LogP contribution in [-0.2, 0) is 0 Å². The van der Waals surface area contributed by atoms with E-state index >= 15 is 0 Å². The summed E-state index contributed by atoms with van der Waals surface area (Å²) >= 11 is 0. The number of hydrogen-bond donors (Lipinski definition) is 2. The number of amides is 1. The van der Waals surface area contributed by atoms with Gasteiger partial charge in [0.05, 0.1) is 5.69 Å². The monoisotopic (exact) mass is 243 g/mol. The van der Waals surface area contributed by atoms with E-state index < -0.39 is 11.5 Å². The lowest BCUT2D eigenvalue weighted by Crippen LogP contribution is -2.26. The quantitative estimate of drug-likeness (QED) is 0.842. The van der Waals surface area contributed by atoms with Crippen LogP contribution in [0.5, 0.6) is 0 Å². The number of aromatic amines is 1. The highest BCUT2D eigenvalue weighted by Crippen LogP contribution is 2.10. The molecule has 5 nitrogen and oxygen atoms in total. The Morgan fingerprint density at radius 2 is 1.89 bits per heavy atom. The first kappa shape index (κ1) is 12.0. The third kappa shape index (κ3) is 2.29. The fraction of sp³-hybridized carbons (Fsp3) is 0.154. The van der Waals surface area contributed by atoms with Crippen molar-refractivity contribution in [3.05, 3.63) is 57.5 Å². The number of H-pyrrole nitrogens is 1. The van der Waals surface area contributed by atoms with Crippen LogP contribution in [0.15, 0.2) is 35.1 Å². The summed E-state index contributed by atoms with van der Waals surface area (Å²) in [5.41, 5.74) is 1.49. The number of nitrogens with zero attached hydrogens (tertiary/aromatic N) is 1. The summed E-state index contributed by atoms with van der Waals surface area (Å²) in [4.78, 5) is 23.7. The van der Waals surface area contributed by atoms with Crippen LogP contribution in [0.4, 0.5) is 5.69 Å². The van der Waals surface area contributed by atoms with Crippen molar-refractivity contribution in [1.29, 1.82) is 0 Å². The fourth-order valence-corrected chi connectivity index (χ4v) is 1.61. The van der Waals surface area contributed by atoms with Crippen molar-refractivity contribution in [2.45, 2.75) is 13.8 Å². The molecule has 1 aromatic carbocycles.